The van der Waals surface area contributed by atoms with Gasteiger partial charge in [0.05, 0.1) is 0 Å². The third-order valence-corrected chi connectivity index (χ3v) is 4.82. The minimum absolute atomic E-state index is 0.541. The van der Waals surface area contributed by atoms with Crippen molar-refractivity contribution in [2.75, 3.05) is 5.73 Å². The van der Waals surface area contributed by atoms with Crippen LogP contribution in [0.3, 0.4) is 0 Å². The van der Waals surface area contributed by atoms with E-state index in [0.717, 1.165) is 38.4 Å². The number of halogens is 2. The molecule has 0 aliphatic rings. The van der Waals surface area contributed by atoms with Crippen molar-refractivity contribution >= 4 is 37.7 Å². The molecule has 19 heavy (non-hydrogen) atoms. The van der Waals surface area contributed by atoms with Crippen LogP contribution in [0.5, 0.6) is 0 Å². The first-order valence-corrected chi connectivity index (χ1v) is 7.76. The summed E-state index contributed by atoms with van der Waals surface area (Å²) in [5.74, 6) is 2.24. The van der Waals surface area contributed by atoms with Crippen LogP contribution < -0.4 is 5.73 Å². The maximum atomic E-state index is 6.25. The molecule has 2 N–H and O–H groups in total. The quantitative estimate of drug-likeness (QED) is 0.836. The highest BCUT2D eigenvalue weighted by Crippen LogP contribution is 2.32. The lowest BCUT2D eigenvalue weighted by Gasteiger charge is -2.10. The standard InChI is InChI=1S/C14H17Br2N3/c1-8(2)7-19-9(3)18-13(14(19)17)10-4-5-11(15)12(16)6-10/h4-6,8H,7,17H2,1-3H3. The molecule has 0 radical (unpaired) electrons. The molecule has 0 amide bonds. The van der Waals surface area contributed by atoms with E-state index in [4.69, 9.17) is 5.73 Å². The summed E-state index contributed by atoms with van der Waals surface area (Å²) in [6.45, 7) is 7.24. The van der Waals surface area contributed by atoms with Crippen molar-refractivity contribution in [3.63, 3.8) is 0 Å². The first-order chi connectivity index (χ1) is 8.90. The molecule has 2 aromatic rings. The maximum Gasteiger partial charge on any atom is 0.131 e. The van der Waals surface area contributed by atoms with Crippen LogP contribution in [0.4, 0.5) is 5.82 Å². The Morgan fingerprint density at radius 2 is 1.95 bits per heavy atom. The smallest absolute Gasteiger partial charge is 0.131 e. The van der Waals surface area contributed by atoms with Crippen LogP contribution >= 0.6 is 31.9 Å². The van der Waals surface area contributed by atoms with E-state index in [2.05, 4.69) is 55.3 Å². The zero-order valence-corrected chi connectivity index (χ0v) is 14.4. The molecule has 0 aliphatic carbocycles. The number of imidazole rings is 1. The third kappa shape index (κ3) is 3.03. The zero-order chi connectivity index (χ0) is 14.2. The molecular weight excluding hydrogens is 370 g/mol. The fourth-order valence-corrected chi connectivity index (χ4v) is 2.66. The molecule has 0 saturated carbocycles. The van der Waals surface area contributed by atoms with Gasteiger partial charge in [0, 0.05) is 21.1 Å². The number of hydrogen-bond donors (Lipinski definition) is 1. The molecule has 102 valence electrons. The Hall–Kier alpha value is -0.810. The van der Waals surface area contributed by atoms with Crippen molar-refractivity contribution in [3.8, 4) is 11.3 Å². The maximum absolute atomic E-state index is 6.25. The van der Waals surface area contributed by atoms with Crippen molar-refractivity contribution in [1.82, 2.24) is 9.55 Å². The fraction of sp³-hybridized carbons (Fsp3) is 0.357. The van der Waals surface area contributed by atoms with E-state index in [1.54, 1.807) is 0 Å². The van der Waals surface area contributed by atoms with Gasteiger partial charge in [-0.05, 0) is 56.8 Å². The molecule has 1 heterocycles. The van der Waals surface area contributed by atoms with Crippen LogP contribution in [-0.2, 0) is 6.54 Å². The van der Waals surface area contributed by atoms with Gasteiger partial charge in [0.2, 0.25) is 0 Å². The predicted molar refractivity (Wildman–Crippen MR) is 87.1 cm³/mol. The second kappa shape index (κ2) is 5.67. The number of benzene rings is 1. The highest BCUT2D eigenvalue weighted by molar-refractivity contribution is 9.13. The summed E-state index contributed by atoms with van der Waals surface area (Å²) >= 11 is 6.98. The van der Waals surface area contributed by atoms with Gasteiger partial charge in [0.25, 0.3) is 0 Å². The highest BCUT2D eigenvalue weighted by Gasteiger charge is 2.15. The van der Waals surface area contributed by atoms with Gasteiger partial charge in [-0.3, -0.25) is 0 Å². The van der Waals surface area contributed by atoms with Gasteiger partial charge >= 0.3 is 0 Å². The Labute approximate surface area is 130 Å². The van der Waals surface area contributed by atoms with E-state index in [1.165, 1.54) is 0 Å². The molecule has 1 aromatic heterocycles. The van der Waals surface area contributed by atoms with Crippen molar-refractivity contribution in [2.24, 2.45) is 5.92 Å². The predicted octanol–water partition coefficient (Wildman–Crippen LogP) is 4.62. The molecule has 0 bridgehead atoms. The van der Waals surface area contributed by atoms with Gasteiger partial charge in [-0.1, -0.05) is 19.9 Å². The van der Waals surface area contributed by atoms with Gasteiger partial charge in [-0.15, -0.1) is 0 Å². The summed E-state index contributed by atoms with van der Waals surface area (Å²) < 4.78 is 4.10. The molecule has 0 spiro atoms. The van der Waals surface area contributed by atoms with Crippen molar-refractivity contribution in [3.05, 3.63) is 33.0 Å². The van der Waals surface area contributed by atoms with Crippen molar-refractivity contribution in [2.45, 2.75) is 27.3 Å². The molecule has 5 heteroatoms. The minimum Gasteiger partial charge on any atom is -0.383 e. The average molecular weight is 387 g/mol. The number of aryl methyl sites for hydroxylation is 1. The lowest BCUT2D eigenvalue weighted by atomic mass is 10.1. The van der Waals surface area contributed by atoms with E-state index in [0.29, 0.717) is 5.92 Å². The van der Waals surface area contributed by atoms with Gasteiger partial charge in [0.15, 0.2) is 0 Å². The summed E-state index contributed by atoms with van der Waals surface area (Å²) in [6.07, 6.45) is 0. The molecule has 3 nitrogen and oxygen atoms in total. The second-order valence-electron chi connectivity index (χ2n) is 5.03. The number of anilines is 1. The number of nitrogen functional groups attached to an aromatic ring is 1. The number of aromatic nitrogens is 2. The normalized spacial score (nSPS) is 11.3. The molecule has 0 atom stereocenters. The van der Waals surface area contributed by atoms with Crippen LogP contribution in [0.25, 0.3) is 11.3 Å². The number of rotatable bonds is 3. The van der Waals surface area contributed by atoms with Gasteiger partial charge in [-0.2, -0.15) is 0 Å². The second-order valence-corrected chi connectivity index (χ2v) is 6.73. The van der Waals surface area contributed by atoms with Gasteiger partial charge < -0.3 is 10.3 Å². The summed E-state index contributed by atoms with van der Waals surface area (Å²) in [5, 5.41) is 0. The van der Waals surface area contributed by atoms with Crippen molar-refractivity contribution in [1.29, 1.82) is 0 Å². The molecule has 2 rings (SSSR count). The summed E-state index contributed by atoms with van der Waals surface area (Å²) in [6, 6.07) is 6.05. The third-order valence-electron chi connectivity index (χ3n) is 2.94. The Bertz CT molecular complexity index is 603. The van der Waals surface area contributed by atoms with Crippen molar-refractivity contribution < 1.29 is 0 Å². The zero-order valence-electron chi connectivity index (χ0n) is 11.2. The van der Waals surface area contributed by atoms with Crippen LogP contribution in [0.1, 0.15) is 19.7 Å². The minimum atomic E-state index is 0.541. The fourth-order valence-electron chi connectivity index (χ4n) is 2.03. The average Bonchev–Trinajstić information content (AvgIpc) is 2.60. The van der Waals surface area contributed by atoms with E-state index in [9.17, 15) is 0 Å². The lowest BCUT2D eigenvalue weighted by Crippen LogP contribution is -2.09. The number of nitrogens with zero attached hydrogens (tertiary/aromatic N) is 2. The molecule has 0 saturated heterocycles. The Morgan fingerprint density at radius 3 is 2.53 bits per heavy atom. The van der Waals surface area contributed by atoms with Gasteiger partial charge in [-0.25, -0.2) is 4.98 Å². The Kier molecular flexibility index (Phi) is 4.36. The van der Waals surface area contributed by atoms with Crippen LogP contribution in [0, 0.1) is 12.8 Å². The van der Waals surface area contributed by atoms with Gasteiger partial charge in [0.1, 0.15) is 17.3 Å². The van der Waals surface area contributed by atoms with E-state index >= 15 is 0 Å². The Morgan fingerprint density at radius 1 is 1.26 bits per heavy atom. The van der Waals surface area contributed by atoms with Crippen LogP contribution in [-0.4, -0.2) is 9.55 Å². The molecule has 0 aliphatic heterocycles. The van der Waals surface area contributed by atoms with Crippen LogP contribution in [0.2, 0.25) is 0 Å². The van der Waals surface area contributed by atoms with E-state index in [-0.39, 0.29) is 0 Å². The summed E-state index contributed by atoms with van der Waals surface area (Å²) in [4.78, 5) is 4.61. The highest BCUT2D eigenvalue weighted by atomic mass is 79.9. The van der Waals surface area contributed by atoms with E-state index < -0.39 is 0 Å². The SMILES string of the molecule is Cc1nc(-c2ccc(Br)c(Br)c2)c(N)n1CC(C)C. The summed E-state index contributed by atoms with van der Waals surface area (Å²) in [7, 11) is 0. The topological polar surface area (TPSA) is 43.8 Å². The lowest BCUT2D eigenvalue weighted by molar-refractivity contribution is 0.518. The number of hydrogen-bond acceptors (Lipinski definition) is 2. The largest absolute Gasteiger partial charge is 0.383 e. The number of nitrogens with two attached hydrogens (primary N) is 1. The monoisotopic (exact) mass is 385 g/mol. The molecule has 0 unspecified atom stereocenters. The molecule has 0 fully saturated rings. The summed E-state index contributed by atoms with van der Waals surface area (Å²) in [5.41, 5.74) is 8.13. The van der Waals surface area contributed by atoms with Crippen LogP contribution in [0.15, 0.2) is 27.1 Å². The van der Waals surface area contributed by atoms with E-state index in [1.807, 2.05) is 25.1 Å². The Balaban J connectivity index is 2.48. The first kappa shape index (κ1) is 14.6. The molecule has 1 aromatic carbocycles. The first-order valence-electron chi connectivity index (χ1n) is 6.18. The molecular formula is C14H17Br2N3.